The monoisotopic (exact) mass is 249 g/mol. The van der Waals surface area contributed by atoms with Crippen LogP contribution in [0.25, 0.3) is 0 Å². The summed E-state index contributed by atoms with van der Waals surface area (Å²) in [5.74, 6) is 0.0538. The van der Waals surface area contributed by atoms with Gasteiger partial charge in [-0.1, -0.05) is 37.3 Å². The Balaban J connectivity index is 2.54. The Labute approximate surface area is 109 Å². The van der Waals surface area contributed by atoms with Gasteiger partial charge in [-0.05, 0) is 38.3 Å². The molecule has 1 rings (SSSR count). The summed E-state index contributed by atoms with van der Waals surface area (Å²) >= 11 is 0. The molecule has 3 heteroatoms. The summed E-state index contributed by atoms with van der Waals surface area (Å²) in [5.41, 5.74) is 6.05. The summed E-state index contributed by atoms with van der Waals surface area (Å²) in [6.45, 7) is 6.80. The summed E-state index contributed by atoms with van der Waals surface area (Å²) in [6, 6.07) is 9.71. The van der Waals surface area contributed by atoms with Gasteiger partial charge in [-0.25, -0.2) is 0 Å². The SMILES string of the molecule is C[C@@H](CCN)C(C)(C)C(=O)OCc1ccccc1. The van der Waals surface area contributed by atoms with Crippen molar-refractivity contribution in [1.82, 2.24) is 0 Å². The third kappa shape index (κ3) is 3.84. The summed E-state index contributed by atoms with van der Waals surface area (Å²) in [7, 11) is 0. The van der Waals surface area contributed by atoms with Crippen LogP contribution in [-0.4, -0.2) is 12.5 Å². The lowest BCUT2D eigenvalue weighted by Gasteiger charge is -2.29. The molecule has 1 aromatic carbocycles. The second-order valence-electron chi connectivity index (χ2n) is 5.26. The van der Waals surface area contributed by atoms with Crippen LogP contribution in [0.5, 0.6) is 0 Å². The van der Waals surface area contributed by atoms with Gasteiger partial charge in [0.1, 0.15) is 6.61 Å². The normalized spacial score (nSPS) is 13.1. The van der Waals surface area contributed by atoms with Crippen molar-refractivity contribution in [2.45, 2.75) is 33.8 Å². The van der Waals surface area contributed by atoms with Crippen molar-refractivity contribution in [1.29, 1.82) is 0 Å². The van der Waals surface area contributed by atoms with Crippen LogP contribution in [0.4, 0.5) is 0 Å². The Morgan fingerprint density at radius 1 is 1.33 bits per heavy atom. The average Bonchev–Trinajstić information content (AvgIpc) is 2.37. The zero-order chi connectivity index (χ0) is 13.6. The van der Waals surface area contributed by atoms with Gasteiger partial charge in [0.2, 0.25) is 0 Å². The van der Waals surface area contributed by atoms with E-state index >= 15 is 0 Å². The highest BCUT2D eigenvalue weighted by Gasteiger charge is 2.34. The Hall–Kier alpha value is -1.35. The van der Waals surface area contributed by atoms with Crippen molar-refractivity contribution in [2.75, 3.05) is 6.54 Å². The molecular weight excluding hydrogens is 226 g/mol. The van der Waals surface area contributed by atoms with Gasteiger partial charge < -0.3 is 10.5 Å². The molecule has 1 aromatic rings. The summed E-state index contributed by atoms with van der Waals surface area (Å²) in [6.07, 6.45) is 0.827. The maximum atomic E-state index is 12.1. The number of esters is 1. The summed E-state index contributed by atoms with van der Waals surface area (Å²) in [5, 5.41) is 0. The molecule has 3 nitrogen and oxygen atoms in total. The maximum Gasteiger partial charge on any atom is 0.312 e. The topological polar surface area (TPSA) is 52.3 Å². The molecule has 2 N–H and O–H groups in total. The fourth-order valence-electron chi connectivity index (χ4n) is 1.72. The Morgan fingerprint density at radius 2 is 1.94 bits per heavy atom. The first-order valence-corrected chi connectivity index (χ1v) is 6.39. The highest BCUT2D eigenvalue weighted by molar-refractivity contribution is 5.76. The van der Waals surface area contributed by atoms with E-state index in [4.69, 9.17) is 10.5 Å². The molecular formula is C15H23NO2. The van der Waals surface area contributed by atoms with E-state index in [1.807, 2.05) is 51.1 Å². The third-order valence-corrected chi connectivity index (χ3v) is 3.57. The maximum absolute atomic E-state index is 12.1. The van der Waals surface area contributed by atoms with Crippen LogP contribution < -0.4 is 5.73 Å². The van der Waals surface area contributed by atoms with Crippen molar-refractivity contribution >= 4 is 5.97 Å². The first-order valence-electron chi connectivity index (χ1n) is 6.39. The van der Waals surface area contributed by atoms with E-state index < -0.39 is 5.41 Å². The standard InChI is InChI=1S/C15H23NO2/c1-12(9-10-16)15(2,3)14(17)18-11-13-7-5-4-6-8-13/h4-8,12H,9-11,16H2,1-3H3/t12-/m0/s1. The van der Waals surface area contributed by atoms with E-state index in [0.29, 0.717) is 13.2 Å². The molecule has 0 heterocycles. The van der Waals surface area contributed by atoms with E-state index in [2.05, 4.69) is 0 Å². The van der Waals surface area contributed by atoms with E-state index in [1.165, 1.54) is 0 Å². The smallest absolute Gasteiger partial charge is 0.312 e. The predicted octanol–water partition coefficient (Wildman–Crippen LogP) is 2.74. The Bertz CT molecular complexity index is 373. The predicted molar refractivity (Wildman–Crippen MR) is 72.9 cm³/mol. The number of hydrogen-bond acceptors (Lipinski definition) is 3. The number of carbonyl (C=O) groups is 1. The second kappa shape index (κ2) is 6.55. The first-order chi connectivity index (χ1) is 8.48. The van der Waals surface area contributed by atoms with Crippen molar-refractivity contribution in [3.8, 4) is 0 Å². The first kappa shape index (κ1) is 14.7. The van der Waals surface area contributed by atoms with Gasteiger partial charge in [0.15, 0.2) is 0 Å². The lowest BCUT2D eigenvalue weighted by atomic mass is 9.78. The fourth-order valence-corrected chi connectivity index (χ4v) is 1.72. The zero-order valence-corrected chi connectivity index (χ0v) is 11.5. The van der Waals surface area contributed by atoms with Gasteiger partial charge in [-0.15, -0.1) is 0 Å². The van der Waals surface area contributed by atoms with Gasteiger partial charge in [0.25, 0.3) is 0 Å². The van der Waals surface area contributed by atoms with Crippen LogP contribution in [0.3, 0.4) is 0 Å². The lowest BCUT2D eigenvalue weighted by Crippen LogP contribution is -2.34. The molecule has 0 radical (unpaired) electrons. The van der Waals surface area contributed by atoms with Crippen molar-refractivity contribution < 1.29 is 9.53 Å². The minimum Gasteiger partial charge on any atom is -0.460 e. The molecule has 100 valence electrons. The van der Waals surface area contributed by atoms with E-state index in [-0.39, 0.29) is 11.9 Å². The van der Waals surface area contributed by atoms with Gasteiger partial charge >= 0.3 is 5.97 Å². The second-order valence-corrected chi connectivity index (χ2v) is 5.26. The highest BCUT2D eigenvalue weighted by Crippen LogP contribution is 2.30. The number of ether oxygens (including phenoxy) is 1. The Kier molecular flexibility index (Phi) is 5.35. The minimum atomic E-state index is -0.492. The number of nitrogens with two attached hydrogens (primary N) is 1. The molecule has 18 heavy (non-hydrogen) atoms. The zero-order valence-electron chi connectivity index (χ0n) is 11.5. The van der Waals surface area contributed by atoms with Crippen molar-refractivity contribution in [2.24, 2.45) is 17.1 Å². The van der Waals surface area contributed by atoms with Gasteiger partial charge in [0.05, 0.1) is 5.41 Å². The average molecular weight is 249 g/mol. The van der Waals surface area contributed by atoms with Gasteiger partial charge in [0, 0.05) is 0 Å². The van der Waals surface area contributed by atoms with E-state index in [1.54, 1.807) is 0 Å². The van der Waals surface area contributed by atoms with Crippen LogP contribution >= 0.6 is 0 Å². The third-order valence-electron chi connectivity index (χ3n) is 3.57. The largest absolute Gasteiger partial charge is 0.460 e. The van der Waals surface area contributed by atoms with Crippen LogP contribution in [-0.2, 0) is 16.1 Å². The molecule has 0 saturated heterocycles. The number of benzene rings is 1. The molecule has 0 spiro atoms. The van der Waals surface area contributed by atoms with Crippen molar-refractivity contribution in [3.63, 3.8) is 0 Å². The van der Waals surface area contributed by atoms with Crippen LogP contribution in [0.15, 0.2) is 30.3 Å². The molecule has 0 aliphatic rings. The van der Waals surface area contributed by atoms with Crippen LogP contribution in [0, 0.1) is 11.3 Å². The lowest BCUT2D eigenvalue weighted by molar-refractivity contribution is -0.158. The number of carbonyl (C=O) groups excluding carboxylic acids is 1. The molecule has 0 saturated carbocycles. The minimum absolute atomic E-state index is 0.160. The fraction of sp³-hybridized carbons (Fsp3) is 0.533. The van der Waals surface area contributed by atoms with E-state index in [0.717, 1.165) is 12.0 Å². The van der Waals surface area contributed by atoms with E-state index in [9.17, 15) is 4.79 Å². The highest BCUT2D eigenvalue weighted by atomic mass is 16.5. The number of rotatable bonds is 6. The van der Waals surface area contributed by atoms with Crippen LogP contribution in [0.2, 0.25) is 0 Å². The molecule has 0 aliphatic carbocycles. The Morgan fingerprint density at radius 3 is 2.50 bits per heavy atom. The molecule has 0 unspecified atom stereocenters. The molecule has 0 aromatic heterocycles. The van der Waals surface area contributed by atoms with Crippen molar-refractivity contribution in [3.05, 3.63) is 35.9 Å². The summed E-state index contributed by atoms with van der Waals surface area (Å²) in [4.78, 5) is 12.1. The summed E-state index contributed by atoms with van der Waals surface area (Å²) < 4.78 is 5.38. The van der Waals surface area contributed by atoms with Gasteiger partial charge in [-0.2, -0.15) is 0 Å². The molecule has 0 bridgehead atoms. The van der Waals surface area contributed by atoms with Gasteiger partial charge in [-0.3, -0.25) is 4.79 Å². The quantitative estimate of drug-likeness (QED) is 0.789. The van der Waals surface area contributed by atoms with Crippen LogP contribution in [0.1, 0.15) is 32.8 Å². The molecule has 0 aliphatic heterocycles. The molecule has 1 atom stereocenters. The molecule has 0 amide bonds. The number of hydrogen-bond donors (Lipinski definition) is 1. The molecule has 0 fully saturated rings.